The zero-order valence-corrected chi connectivity index (χ0v) is 21.8. The van der Waals surface area contributed by atoms with Crippen molar-refractivity contribution in [1.82, 2.24) is 20.2 Å². The smallest absolute Gasteiger partial charge is 0.279 e. The molecule has 2 N–H and O–H groups in total. The number of methoxy groups -OCH3 is 1. The molecule has 1 saturated carbocycles. The van der Waals surface area contributed by atoms with Crippen LogP contribution in [0, 0.1) is 12.3 Å². The summed E-state index contributed by atoms with van der Waals surface area (Å²) in [6.45, 7) is 1.37. The van der Waals surface area contributed by atoms with Gasteiger partial charge < -0.3 is 30.1 Å². The lowest BCUT2D eigenvalue weighted by atomic mass is 10.0. The Balaban J connectivity index is 1.43. The van der Waals surface area contributed by atoms with E-state index in [0.717, 1.165) is 38.8 Å². The summed E-state index contributed by atoms with van der Waals surface area (Å²) in [6.07, 6.45) is 10.8. The molecule has 0 spiro atoms. The lowest BCUT2D eigenvalue weighted by Crippen LogP contribution is -2.57. The topological polar surface area (TPSA) is 103 Å². The van der Waals surface area contributed by atoms with E-state index < -0.39 is 11.6 Å². The maximum Gasteiger partial charge on any atom is 0.279 e. The number of alkyl halides is 1. The Morgan fingerprint density at radius 3 is 2.66 bits per heavy atom. The van der Waals surface area contributed by atoms with Crippen molar-refractivity contribution in [3.05, 3.63) is 30.0 Å². The Kier molecular flexibility index (Phi) is 6.84. The first kappa shape index (κ1) is 25.7. The molecule has 0 radical (unpaired) electrons. The van der Waals surface area contributed by atoms with E-state index in [2.05, 4.69) is 26.4 Å². The van der Waals surface area contributed by atoms with Gasteiger partial charge in [-0.15, -0.1) is 6.42 Å². The molecule has 1 saturated heterocycles. The number of aromatic nitrogens is 2. The molecule has 1 aromatic heterocycles. The zero-order valence-electron chi connectivity index (χ0n) is 21.8. The summed E-state index contributed by atoms with van der Waals surface area (Å²) in [4.78, 5) is 39.8. The molecule has 5 rings (SSSR count). The number of ether oxygens (including phenoxy) is 1. The SMILES string of the molecule is C#CC1(F)CN(C2CCCC2)c2nc(Nc3ccc(C(=O)NC4CN(C)C4)cc3OC)ncc2N(C)C1=O. The van der Waals surface area contributed by atoms with Gasteiger partial charge in [0.25, 0.3) is 17.5 Å². The van der Waals surface area contributed by atoms with Crippen LogP contribution in [0.3, 0.4) is 0 Å². The molecule has 2 fully saturated rings. The molecule has 1 atom stereocenters. The van der Waals surface area contributed by atoms with E-state index in [-0.39, 0.29) is 30.5 Å². The number of hydrogen-bond donors (Lipinski definition) is 2. The number of likely N-dealkylation sites (tertiary alicyclic amines) is 1. The number of carbonyl (C=O) groups is 2. The Labute approximate surface area is 221 Å². The number of fused-ring (bicyclic) bond motifs is 1. The summed E-state index contributed by atoms with van der Waals surface area (Å²) in [7, 11) is 5.00. The van der Waals surface area contributed by atoms with E-state index >= 15 is 4.39 Å². The number of hydrogen-bond acceptors (Lipinski definition) is 8. The molecule has 2 amide bonds. The van der Waals surface area contributed by atoms with E-state index in [0.29, 0.717) is 28.5 Å². The fourth-order valence-electron chi connectivity index (χ4n) is 5.37. The monoisotopic (exact) mass is 521 g/mol. The van der Waals surface area contributed by atoms with Crippen LogP contribution >= 0.6 is 0 Å². The third kappa shape index (κ3) is 4.72. The summed E-state index contributed by atoms with van der Waals surface area (Å²) in [5.74, 6) is 2.23. The van der Waals surface area contributed by atoms with Gasteiger partial charge in [-0.05, 0) is 38.1 Å². The lowest BCUT2D eigenvalue weighted by Gasteiger charge is -2.36. The standard InChI is InChI=1S/C27H32FN7O3/c1-5-27(28)16-35(19-8-6-7-9-19)23-21(34(3)25(27)37)13-29-26(32-23)31-20-11-10-17(12-22(20)38-4)24(36)30-18-14-33(2)15-18/h1,10-13,18-19H,6-9,14-16H2,2-4H3,(H,30,36)(H,29,31,32). The van der Waals surface area contributed by atoms with Crippen LogP contribution in [0.5, 0.6) is 5.75 Å². The minimum atomic E-state index is -2.47. The number of terminal acetylenes is 1. The van der Waals surface area contributed by atoms with Crippen molar-refractivity contribution in [3.8, 4) is 18.1 Å². The van der Waals surface area contributed by atoms with Crippen LogP contribution in [0.2, 0.25) is 0 Å². The van der Waals surface area contributed by atoms with Gasteiger partial charge in [-0.25, -0.2) is 9.37 Å². The minimum Gasteiger partial charge on any atom is -0.495 e. The molecule has 10 nitrogen and oxygen atoms in total. The van der Waals surface area contributed by atoms with Crippen molar-refractivity contribution in [1.29, 1.82) is 0 Å². The third-order valence-electron chi connectivity index (χ3n) is 7.52. The van der Waals surface area contributed by atoms with E-state index in [9.17, 15) is 9.59 Å². The van der Waals surface area contributed by atoms with E-state index in [1.165, 1.54) is 25.3 Å². The largest absolute Gasteiger partial charge is 0.495 e. The summed E-state index contributed by atoms with van der Waals surface area (Å²) < 4.78 is 21.2. The van der Waals surface area contributed by atoms with Crippen molar-refractivity contribution in [3.63, 3.8) is 0 Å². The fraction of sp³-hybridized carbons (Fsp3) is 0.481. The predicted molar refractivity (Wildman–Crippen MR) is 143 cm³/mol. The second-order valence-corrected chi connectivity index (χ2v) is 10.2. The Morgan fingerprint density at radius 1 is 1.26 bits per heavy atom. The van der Waals surface area contributed by atoms with Crippen molar-refractivity contribution >= 4 is 35.0 Å². The summed E-state index contributed by atoms with van der Waals surface area (Å²) in [5.41, 5.74) is -1.05. The summed E-state index contributed by atoms with van der Waals surface area (Å²) in [6, 6.07) is 5.24. The average molecular weight is 522 g/mol. The molecule has 2 aromatic rings. The molecular formula is C27H32FN7O3. The maximum atomic E-state index is 15.7. The van der Waals surface area contributed by atoms with Crippen LogP contribution in [0.1, 0.15) is 36.0 Å². The molecule has 38 heavy (non-hydrogen) atoms. The number of benzene rings is 1. The first-order valence-corrected chi connectivity index (χ1v) is 12.8. The van der Waals surface area contributed by atoms with Gasteiger partial charge in [0.15, 0.2) is 5.82 Å². The number of anilines is 4. The molecule has 2 aliphatic heterocycles. The number of rotatable bonds is 6. The molecule has 200 valence electrons. The average Bonchev–Trinajstić information content (AvgIpc) is 3.42. The zero-order chi connectivity index (χ0) is 27.0. The van der Waals surface area contributed by atoms with Crippen molar-refractivity contribution < 1.29 is 18.7 Å². The highest BCUT2D eigenvalue weighted by Gasteiger charge is 2.47. The van der Waals surface area contributed by atoms with E-state index in [1.807, 2.05) is 11.9 Å². The van der Waals surface area contributed by atoms with Gasteiger partial charge in [-0.2, -0.15) is 4.98 Å². The van der Waals surface area contributed by atoms with Gasteiger partial charge in [0.05, 0.1) is 31.6 Å². The number of nitrogens with one attached hydrogen (secondary N) is 2. The highest BCUT2D eigenvalue weighted by atomic mass is 19.1. The molecule has 3 aliphatic rings. The van der Waals surface area contributed by atoms with Gasteiger partial charge in [0, 0.05) is 31.7 Å². The third-order valence-corrected chi connectivity index (χ3v) is 7.52. The Hall–Kier alpha value is -3.91. The number of amides is 2. The molecule has 0 bridgehead atoms. The fourth-order valence-corrected chi connectivity index (χ4v) is 5.37. The molecular weight excluding hydrogens is 489 g/mol. The van der Waals surface area contributed by atoms with Gasteiger partial charge in [-0.1, -0.05) is 18.8 Å². The minimum absolute atomic E-state index is 0.0158. The maximum absolute atomic E-state index is 15.7. The van der Waals surface area contributed by atoms with Gasteiger partial charge in [0.1, 0.15) is 11.4 Å². The van der Waals surface area contributed by atoms with Crippen LogP contribution < -0.4 is 25.2 Å². The van der Waals surface area contributed by atoms with Crippen LogP contribution in [-0.2, 0) is 4.79 Å². The highest BCUT2D eigenvalue weighted by Crippen LogP contribution is 2.39. The van der Waals surface area contributed by atoms with Gasteiger partial charge in [0.2, 0.25) is 5.95 Å². The van der Waals surface area contributed by atoms with Crippen LogP contribution in [0.4, 0.5) is 27.5 Å². The van der Waals surface area contributed by atoms with Crippen LogP contribution in [0.25, 0.3) is 0 Å². The number of halogens is 1. The molecule has 1 aliphatic carbocycles. The highest BCUT2D eigenvalue weighted by molar-refractivity contribution is 6.05. The lowest BCUT2D eigenvalue weighted by molar-refractivity contribution is -0.125. The van der Waals surface area contributed by atoms with Crippen molar-refractivity contribution in [2.75, 3.05) is 56.0 Å². The molecule has 3 heterocycles. The quantitative estimate of drug-likeness (QED) is 0.559. The molecule has 1 unspecified atom stereocenters. The summed E-state index contributed by atoms with van der Waals surface area (Å²) in [5, 5.41) is 6.16. The number of carbonyl (C=O) groups excluding carboxylic acids is 2. The normalized spacial score (nSPS) is 22.3. The van der Waals surface area contributed by atoms with Crippen LogP contribution in [-0.4, -0.2) is 85.3 Å². The van der Waals surface area contributed by atoms with Crippen molar-refractivity contribution in [2.24, 2.45) is 0 Å². The second-order valence-electron chi connectivity index (χ2n) is 10.2. The first-order valence-electron chi connectivity index (χ1n) is 12.8. The Morgan fingerprint density at radius 2 is 2.00 bits per heavy atom. The van der Waals surface area contributed by atoms with Crippen LogP contribution in [0.15, 0.2) is 24.4 Å². The van der Waals surface area contributed by atoms with Gasteiger partial charge >= 0.3 is 0 Å². The number of likely N-dealkylation sites (N-methyl/N-ethyl adjacent to an activating group) is 1. The van der Waals surface area contributed by atoms with E-state index in [1.54, 1.807) is 18.2 Å². The summed E-state index contributed by atoms with van der Waals surface area (Å²) >= 11 is 0. The second kappa shape index (κ2) is 10.1. The van der Waals surface area contributed by atoms with E-state index in [4.69, 9.17) is 16.1 Å². The molecule has 1 aromatic carbocycles. The number of nitrogens with zero attached hydrogens (tertiary/aromatic N) is 5. The van der Waals surface area contributed by atoms with Crippen molar-refractivity contribution in [2.45, 2.75) is 43.4 Å². The predicted octanol–water partition coefficient (Wildman–Crippen LogP) is 2.34. The molecule has 11 heteroatoms. The first-order chi connectivity index (χ1) is 18.2. The van der Waals surface area contributed by atoms with Gasteiger partial charge in [-0.3, -0.25) is 9.59 Å². The Bertz CT molecular complexity index is 1290.